The maximum atomic E-state index is 4.33. The van der Waals surface area contributed by atoms with Crippen LogP contribution in [0.3, 0.4) is 0 Å². The molecule has 1 radical (unpaired) electrons. The Bertz CT molecular complexity index is 439. The minimum Gasteiger partial charge on any atom is -0.363 e. The van der Waals surface area contributed by atoms with E-state index in [4.69, 9.17) is 0 Å². The van der Waals surface area contributed by atoms with Crippen molar-refractivity contribution < 1.29 is 0 Å². The van der Waals surface area contributed by atoms with Gasteiger partial charge >= 0.3 is 0 Å². The van der Waals surface area contributed by atoms with E-state index in [9.17, 15) is 0 Å². The summed E-state index contributed by atoms with van der Waals surface area (Å²) in [5.41, 5.74) is 1.54. The zero-order chi connectivity index (χ0) is 9.43. The van der Waals surface area contributed by atoms with Gasteiger partial charge in [0.1, 0.15) is 5.54 Å². The first-order chi connectivity index (χ1) is 6.92. The van der Waals surface area contributed by atoms with Crippen molar-refractivity contribution in [2.45, 2.75) is 5.54 Å². The highest BCUT2D eigenvalue weighted by atomic mass is 15.1. The SMILES string of the molecule is [C]1=CN=C2C=CN=C3C=CC=CC23N1. The molecule has 14 heavy (non-hydrogen) atoms. The van der Waals surface area contributed by atoms with Crippen molar-refractivity contribution in [1.82, 2.24) is 5.32 Å². The molecule has 0 aromatic carbocycles. The molecule has 0 saturated carbocycles. The Labute approximate surface area is 82.0 Å². The van der Waals surface area contributed by atoms with E-state index in [2.05, 4.69) is 21.5 Å². The van der Waals surface area contributed by atoms with Gasteiger partial charge in [0.15, 0.2) is 0 Å². The van der Waals surface area contributed by atoms with Crippen LogP contribution in [0.5, 0.6) is 0 Å². The standard InChI is InChI=1S/C11H8N3/c1-2-5-11-9(3-1)12-6-4-10(11)13-7-8-14-11/h1-7,14H. The van der Waals surface area contributed by atoms with Gasteiger partial charge in [0, 0.05) is 6.20 Å². The number of aliphatic imine (C=N–C) groups is 2. The van der Waals surface area contributed by atoms with Crippen LogP contribution in [0.2, 0.25) is 0 Å². The Morgan fingerprint density at radius 3 is 3.07 bits per heavy atom. The maximum absolute atomic E-state index is 4.33. The number of nitrogens with zero attached hydrogens (tertiary/aromatic N) is 2. The van der Waals surface area contributed by atoms with Gasteiger partial charge in [-0.15, -0.1) is 0 Å². The Morgan fingerprint density at radius 2 is 2.07 bits per heavy atom. The van der Waals surface area contributed by atoms with E-state index in [-0.39, 0.29) is 5.54 Å². The summed E-state index contributed by atoms with van der Waals surface area (Å²) < 4.78 is 0. The van der Waals surface area contributed by atoms with Crippen molar-refractivity contribution >= 4 is 11.4 Å². The summed E-state index contributed by atoms with van der Waals surface area (Å²) in [6.45, 7) is 0. The normalized spacial score (nSPS) is 31.4. The Morgan fingerprint density at radius 1 is 1.14 bits per heavy atom. The van der Waals surface area contributed by atoms with Crippen LogP contribution in [0, 0.1) is 6.20 Å². The molecule has 3 nitrogen and oxygen atoms in total. The zero-order valence-electron chi connectivity index (χ0n) is 7.44. The smallest absolute Gasteiger partial charge is 0.141 e. The highest BCUT2D eigenvalue weighted by molar-refractivity contribution is 6.28. The fourth-order valence-electron chi connectivity index (χ4n) is 1.81. The number of allylic oxidation sites excluding steroid dienone is 2. The van der Waals surface area contributed by atoms with E-state index in [1.54, 1.807) is 12.4 Å². The van der Waals surface area contributed by atoms with Crippen LogP contribution >= 0.6 is 0 Å². The lowest BCUT2D eigenvalue weighted by Gasteiger charge is -2.35. The van der Waals surface area contributed by atoms with Crippen LogP contribution in [-0.2, 0) is 0 Å². The molecule has 3 heteroatoms. The second kappa shape index (κ2) is 2.54. The van der Waals surface area contributed by atoms with Gasteiger partial charge in [-0.2, -0.15) is 0 Å². The first-order valence-corrected chi connectivity index (χ1v) is 4.45. The van der Waals surface area contributed by atoms with Gasteiger partial charge in [-0.1, -0.05) is 12.2 Å². The minimum atomic E-state index is -0.377. The average Bonchev–Trinajstić information content (AvgIpc) is 2.26. The van der Waals surface area contributed by atoms with Crippen molar-refractivity contribution in [2.75, 3.05) is 0 Å². The molecule has 2 heterocycles. The molecule has 1 N–H and O–H groups in total. The third-order valence-corrected chi connectivity index (χ3v) is 2.50. The molecule has 1 atom stereocenters. The fraction of sp³-hybridized carbons (Fsp3) is 0.0909. The largest absolute Gasteiger partial charge is 0.363 e. The van der Waals surface area contributed by atoms with E-state index in [0.29, 0.717) is 0 Å². The summed E-state index contributed by atoms with van der Waals surface area (Å²) >= 11 is 0. The van der Waals surface area contributed by atoms with Gasteiger partial charge in [0.25, 0.3) is 0 Å². The van der Waals surface area contributed by atoms with Crippen LogP contribution < -0.4 is 5.32 Å². The lowest BCUT2D eigenvalue weighted by Crippen LogP contribution is -2.56. The van der Waals surface area contributed by atoms with Crippen molar-refractivity contribution in [1.29, 1.82) is 0 Å². The van der Waals surface area contributed by atoms with Crippen molar-refractivity contribution in [3.63, 3.8) is 0 Å². The van der Waals surface area contributed by atoms with Crippen LogP contribution in [0.25, 0.3) is 0 Å². The summed E-state index contributed by atoms with van der Waals surface area (Å²) in [6, 6.07) is 0. The average molecular weight is 182 g/mol. The molecule has 0 amide bonds. The molecule has 0 aromatic rings. The molecular formula is C11H8N3. The van der Waals surface area contributed by atoms with Crippen LogP contribution in [-0.4, -0.2) is 17.0 Å². The monoisotopic (exact) mass is 182 g/mol. The summed E-state index contributed by atoms with van der Waals surface area (Å²) in [4.78, 5) is 8.62. The molecule has 2 aliphatic heterocycles. The Hall–Kier alpha value is -1.90. The van der Waals surface area contributed by atoms with E-state index >= 15 is 0 Å². The molecule has 67 valence electrons. The van der Waals surface area contributed by atoms with Gasteiger partial charge in [-0.3, -0.25) is 9.98 Å². The molecule has 1 spiro atoms. The molecule has 3 rings (SSSR count). The topological polar surface area (TPSA) is 36.8 Å². The minimum absolute atomic E-state index is 0.377. The van der Waals surface area contributed by atoms with Crippen LogP contribution in [0.1, 0.15) is 0 Å². The molecule has 3 aliphatic rings. The third kappa shape index (κ3) is 0.812. The van der Waals surface area contributed by atoms with E-state index < -0.39 is 0 Å². The van der Waals surface area contributed by atoms with Gasteiger partial charge in [0.2, 0.25) is 0 Å². The van der Waals surface area contributed by atoms with Crippen LogP contribution in [0.4, 0.5) is 0 Å². The summed E-state index contributed by atoms with van der Waals surface area (Å²) in [5, 5.41) is 3.18. The molecule has 0 bridgehead atoms. The van der Waals surface area contributed by atoms with Gasteiger partial charge < -0.3 is 5.32 Å². The Kier molecular flexibility index (Phi) is 1.36. The molecule has 0 saturated heterocycles. The lowest BCUT2D eigenvalue weighted by atomic mass is 9.82. The second-order valence-corrected chi connectivity index (χ2v) is 3.27. The number of rotatable bonds is 0. The predicted molar refractivity (Wildman–Crippen MR) is 56.0 cm³/mol. The Balaban J connectivity index is 2.22. The van der Waals surface area contributed by atoms with E-state index in [1.807, 2.05) is 30.4 Å². The van der Waals surface area contributed by atoms with E-state index in [0.717, 1.165) is 11.4 Å². The fourth-order valence-corrected chi connectivity index (χ4v) is 1.81. The first-order valence-electron chi connectivity index (χ1n) is 4.45. The molecule has 1 aliphatic carbocycles. The second-order valence-electron chi connectivity index (χ2n) is 3.27. The number of hydrogen-bond acceptors (Lipinski definition) is 3. The highest BCUT2D eigenvalue weighted by Gasteiger charge is 2.39. The summed E-state index contributed by atoms with van der Waals surface area (Å²) in [5.74, 6) is 0. The van der Waals surface area contributed by atoms with E-state index in [1.165, 1.54) is 0 Å². The highest BCUT2D eigenvalue weighted by Crippen LogP contribution is 2.24. The predicted octanol–water partition coefficient (Wildman–Crippen LogP) is 1.14. The lowest BCUT2D eigenvalue weighted by molar-refractivity contribution is 0.730. The zero-order valence-corrected chi connectivity index (χ0v) is 7.44. The molecular weight excluding hydrogens is 174 g/mol. The van der Waals surface area contributed by atoms with Crippen molar-refractivity contribution in [2.24, 2.45) is 9.98 Å². The molecule has 0 fully saturated rings. The molecule has 0 aromatic heterocycles. The van der Waals surface area contributed by atoms with Crippen molar-refractivity contribution in [3.8, 4) is 0 Å². The quantitative estimate of drug-likeness (QED) is 0.599. The summed E-state index contributed by atoms with van der Waals surface area (Å²) in [7, 11) is 0. The van der Waals surface area contributed by atoms with Gasteiger partial charge in [-0.05, 0) is 18.2 Å². The molecule has 1 unspecified atom stereocenters. The van der Waals surface area contributed by atoms with Crippen molar-refractivity contribution in [3.05, 3.63) is 49.0 Å². The van der Waals surface area contributed by atoms with Gasteiger partial charge in [0.05, 0.1) is 23.8 Å². The first kappa shape index (κ1) is 7.50. The number of hydrogen-bond donors (Lipinski definition) is 1. The maximum Gasteiger partial charge on any atom is 0.141 e. The van der Waals surface area contributed by atoms with Gasteiger partial charge in [-0.25, -0.2) is 0 Å². The van der Waals surface area contributed by atoms with Crippen LogP contribution in [0.15, 0.2) is 52.8 Å². The number of nitrogens with one attached hydrogen (secondary N) is 1. The summed E-state index contributed by atoms with van der Waals surface area (Å²) in [6.07, 6.45) is 16.2. The third-order valence-electron chi connectivity index (χ3n) is 2.50.